The number of aromatic nitrogens is 4. The molecule has 0 saturated carbocycles. The van der Waals surface area contributed by atoms with Gasteiger partial charge in [-0.3, -0.25) is 19.4 Å². The van der Waals surface area contributed by atoms with Crippen molar-refractivity contribution in [3.05, 3.63) is 35.4 Å². The summed E-state index contributed by atoms with van der Waals surface area (Å²) < 4.78 is 1.73. The van der Waals surface area contributed by atoms with E-state index >= 15 is 0 Å². The molecule has 3 rings (SSSR count). The molecular formula is C16H22N6O2. The number of amides is 2. The molecule has 0 aromatic carbocycles. The predicted molar refractivity (Wildman–Crippen MR) is 87.5 cm³/mol. The highest BCUT2D eigenvalue weighted by molar-refractivity contribution is 5.96. The lowest BCUT2D eigenvalue weighted by Crippen LogP contribution is -2.32. The summed E-state index contributed by atoms with van der Waals surface area (Å²) in [6.45, 7) is 3.35. The Kier molecular flexibility index (Phi) is 4.37. The van der Waals surface area contributed by atoms with E-state index in [4.69, 9.17) is 0 Å². The lowest BCUT2D eigenvalue weighted by Gasteiger charge is -2.24. The Morgan fingerprint density at radius 2 is 2.21 bits per heavy atom. The quantitative estimate of drug-likeness (QED) is 0.915. The molecule has 24 heavy (non-hydrogen) atoms. The van der Waals surface area contributed by atoms with E-state index in [1.807, 2.05) is 6.92 Å². The van der Waals surface area contributed by atoms with Crippen LogP contribution in [0.25, 0.3) is 0 Å². The fourth-order valence-electron chi connectivity index (χ4n) is 3.07. The monoisotopic (exact) mass is 330 g/mol. The van der Waals surface area contributed by atoms with Gasteiger partial charge >= 0.3 is 0 Å². The van der Waals surface area contributed by atoms with Gasteiger partial charge in [0.15, 0.2) is 0 Å². The number of aryl methyl sites for hydroxylation is 1. The van der Waals surface area contributed by atoms with Gasteiger partial charge in [-0.2, -0.15) is 10.2 Å². The minimum absolute atomic E-state index is 0.109. The standard InChI is InChI=1S/C16H22N6O2/c1-4-21-9-7-12(19-21)16(24)22-8-5-6-13(22)14-11(10-17-18-14)15(23)20(2)3/h7,9-10,13H,4-6,8H2,1-3H3,(H,17,18)/t13-/m0/s1. The van der Waals surface area contributed by atoms with Crippen molar-refractivity contribution in [2.45, 2.75) is 32.4 Å². The second kappa shape index (κ2) is 6.46. The maximum atomic E-state index is 12.8. The van der Waals surface area contributed by atoms with Gasteiger partial charge in [0.1, 0.15) is 5.69 Å². The Labute approximate surface area is 140 Å². The Morgan fingerprint density at radius 1 is 1.42 bits per heavy atom. The summed E-state index contributed by atoms with van der Waals surface area (Å²) in [5.41, 5.74) is 1.65. The Hall–Kier alpha value is -2.64. The number of carbonyl (C=O) groups is 2. The van der Waals surface area contributed by atoms with Gasteiger partial charge in [-0.05, 0) is 25.8 Å². The highest BCUT2D eigenvalue weighted by Crippen LogP contribution is 2.33. The first-order valence-corrected chi connectivity index (χ1v) is 8.12. The topological polar surface area (TPSA) is 87.1 Å². The van der Waals surface area contributed by atoms with Gasteiger partial charge in [-0.25, -0.2) is 0 Å². The summed E-state index contributed by atoms with van der Waals surface area (Å²) >= 11 is 0. The van der Waals surface area contributed by atoms with Crippen molar-refractivity contribution in [3.8, 4) is 0 Å². The van der Waals surface area contributed by atoms with E-state index < -0.39 is 0 Å². The van der Waals surface area contributed by atoms with Gasteiger partial charge in [-0.1, -0.05) is 0 Å². The number of nitrogens with zero attached hydrogens (tertiary/aromatic N) is 5. The van der Waals surface area contributed by atoms with E-state index in [2.05, 4.69) is 15.3 Å². The van der Waals surface area contributed by atoms with E-state index in [0.717, 1.165) is 19.4 Å². The Bertz CT molecular complexity index is 747. The van der Waals surface area contributed by atoms with Gasteiger partial charge in [-0.15, -0.1) is 0 Å². The molecule has 2 amide bonds. The van der Waals surface area contributed by atoms with Crippen molar-refractivity contribution < 1.29 is 9.59 Å². The molecule has 0 aliphatic carbocycles. The van der Waals surface area contributed by atoms with Crippen molar-refractivity contribution in [2.24, 2.45) is 0 Å². The maximum Gasteiger partial charge on any atom is 0.274 e. The fraction of sp³-hybridized carbons (Fsp3) is 0.500. The summed E-state index contributed by atoms with van der Waals surface area (Å²) in [4.78, 5) is 28.4. The number of likely N-dealkylation sites (tertiary alicyclic amines) is 1. The Morgan fingerprint density at radius 3 is 2.88 bits per heavy atom. The molecule has 0 unspecified atom stereocenters. The van der Waals surface area contributed by atoms with Crippen LogP contribution >= 0.6 is 0 Å². The third kappa shape index (κ3) is 2.79. The first-order valence-electron chi connectivity index (χ1n) is 8.12. The van der Waals surface area contributed by atoms with Gasteiger partial charge < -0.3 is 9.80 Å². The third-order valence-electron chi connectivity index (χ3n) is 4.34. The second-order valence-corrected chi connectivity index (χ2v) is 6.11. The highest BCUT2D eigenvalue weighted by atomic mass is 16.2. The van der Waals surface area contributed by atoms with Crippen molar-refractivity contribution in [2.75, 3.05) is 20.6 Å². The van der Waals surface area contributed by atoms with Crippen LogP contribution in [-0.2, 0) is 6.54 Å². The summed E-state index contributed by atoms with van der Waals surface area (Å²) in [5, 5.41) is 11.2. The van der Waals surface area contributed by atoms with Crippen LogP contribution in [0.4, 0.5) is 0 Å². The van der Waals surface area contributed by atoms with Gasteiger partial charge in [0.05, 0.1) is 23.5 Å². The molecule has 8 heteroatoms. The number of rotatable bonds is 4. The molecule has 1 saturated heterocycles. The number of hydrogen-bond donors (Lipinski definition) is 1. The van der Waals surface area contributed by atoms with Crippen LogP contribution in [0.1, 0.15) is 52.3 Å². The summed E-state index contributed by atoms with van der Waals surface area (Å²) in [5.74, 6) is -0.226. The highest BCUT2D eigenvalue weighted by Gasteiger charge is 2.35. The fourth-order valence-corrected chi connectivity index (χ4v) is 3.07. The lowest BCUT2D eigenvalue weighted by molar-refractivity contribution is 0.0718. The molecule has 8 nitrogen and oxygen atoms in total. The van der Waals surface area contributed by atoms with Crippen molar-refractivity contribution in [1.82, 2.24) is 29.8 Å². The molecule has 1 fully saturated rings. The summed E-state index contributed by atoms with van der Waals surface area (Å²) in [7, 11) is 3.40. The average Bonchev–Trinajstić information content (AvgIpc) is 3.31. The smallest absolute Gasteiger partial charge is 0.274 e. The Balaban J connectivity index is 1.87. The largest absolute Gasteiger partial charge is 0.345 e. The summed E-state index contributed by atoms with van der Waals surface area (Å²) in [6.07, 6.45) is 5.02. The molecule has 2 aromatic rings. The zero-order chi connectivity index (χ0) is 17.3. The molecule has 1 aliphatic rings. The molecular weight excluding hydrogens is 308 g/mol. The molecule has 1 atom stereocenters. The van der Waals surface area contributed by atoms with Gasteiger partial charge in [0, 0.05) is 33.4 Å². The van der Waals surface area contributed by atoms with Crippen LogP contribution in [0.3, 0.4) is 0 Å². The van der Waals surface area contributed by atoms with Crippen molar-refractivity contribution >= 4 is 11.8 Å². The number of hydrogen-bond acceptors (Lipinski definition) is 4. The average molecular weight is 330 g/mol. The molecule has 0 bridgehead atoms. The van der Waals surface area contributed by atoms with Crippen LogP contribution in [0.15, 0.2) is 18.5 Å². The number of carbonyl (C=O) groups excluding carboxylic acids is 2. The normalized spacial score (nSPS) is 17.3. The number of nitrogens with one attached hydrogen (secondary N) is 1. The van der Waals surface area contributed by atoms with Crippen LogP contribution in [0.2, 0.25) is 0 Å². The number of aromatic amines is 1. The molecule has 2 aromatic heterocycles. The summed E-state index contributed by atoms with van der Waals surface area (Å²) in [6, 6.07) is 1.56. The van der Waals surface area contributed by atoms with E-state index in [9.17, 15) is 9.59 Å². The van der Waals surface area contributed by atoms with Crippen molar-refractivity contribution in [3.63, 3.8) is 0 Å². The van der Waals surface area contributed by atoms with E-state index in [1.165, 1.54) is 11.1 Å². The van der Waals surface area contributed by atoms with Crippen LogP contribution in [0, 0.1) is 0 Å². The molecule has 3 heterocycles. The van der Waals surface area contributed by atoms with Gasteiger partial charge in [0.2, 0.25) is 0 Å². The SMILES string of the molecule is CCn1ccc(C(=O)N2CCC[C@H]2c2[nH]ncc2C(=O)N(C)C)n1. The van der Waals surface area contributed by atoms with Crippen molar-refractivity contribution in [1.29, 1.82) is 0 Å². The number of H-pyrrole nitrogens is 1. The van der Waals surface area contributed by atoms with E-state index in [1.54, 1.807) is 35.9 Å². The van der Waals surface area contributed by atoms with E-state index in [-0.39, 0.29) is 17.9 Å². The van der Waals surface area contributed by atoms with Crippen LogP contribution in [0.5, 0.6) is 0 Å². The molecule has 0 spiro atoms. The van der Waals surface area contributed by atoms with Crippen LogP contribution in [-0.4, -0.2) is 62.2 Å². The predicted octanol–water partition coefficient (Wildman–Crippen LogP) is 1.31. The zero-order valence-corrected chi connectivity index (χ0v) is 14.2. The second-order valence-electron chi connectivity index (χ2n) is 6.11. The van der Waals surface area contributed by atoms with Crippen LogP contribution < -0.4 is 0 Å². The maximum absolute atomic E-state index is 12.8. The first kappa shape index (κ1) is 16.2. The third-order valence-corrected chi connectivity index (χ3v) is 4.34. The lowest BCUT2D eigenvalue weighted by atomic mass is 10.1. The molecule has 1 N–H and O–H groups in total. The minimum atomic E-state index is -0.175. The molecule has 128 valence electrons. The first-order chi connectivity index (χ1) is 11.5. The van der Waals surface area contributed by atoms with E-state index in [0.29, 0.717) is 23.5 Å². The zero-order valence-electron chi connectivity index (χ0n) is 14.2. The molecule has 1 aliphatic heterocycles. The van der Waals surface area contributed by atoms with Gasteiger partial charge in [0.25, 0.3) is 11.8 Å². The molecule has 0 radical (unpaired) electrons. The minimum Gasteiger partial charge on any atom is -0.345 e.